The van der Waals surface area contributed by atoms with Crippen LogP contribution < -0.4 is 0 Å². The maximum Gasteiger partial charge on any atom is 0.336 e. The Morgan fingerprint density at radius 1 is 1.08 bits per heavy atom. The summed E-state index contributed by atoms with van der Waals surface area (Å²) in [6.07, 6.45) is 3.34. The van der Waals surface area contributed by atoms with Gasteiger partial charge in [0, 0.05) is 34.5 Å². The number of para-hydroxylation sites is 1. The Labute approximate surface area is 149 Å². The number of carbonyl (C=O) groups is 2. The van der Waals surface area contributed by atoms with Gasteiger partial charge in [-0.2, -0.15) is 0 Å². The highest BCUT2D eigenvalue weighted by Gasteiger charge is 2.20. The van der Waals surface area contributed by atoms with Crippen molar-refractivity contribution in [3.05, 3.63) is 65.9 Å². The Balaban J connectivity index is 2.06. The van der Waals surface area contributed by atoms with E-state index >= 15 is 0 Å². The van der Waals surface area contributed by atoms with Crippen LogP contribution in [0.2, 0.25) is 0 Å². The first-order chi connectivity index (χ1) is 12.7. The lowest BCUT2D eigenvalue weighted by Crippen LogP contribution is -2.04. The average molecular weight is 344 g/mol. The Morgan fingerprint density at radius 2 is 1.92 bits per heavy atom. The standard InChI is InChI=1S/C21H16N2O3/c24-12-4-6-13-5-3-8-16(21(25)26)18(13)20-19-15(10-11-22-20)14-7-1-2-9-17(14)23-19/h1-3,5,7-12,23H,4,6H2,(H,25,26). The predicted molar refractivity (Wildman–Crippen MR) is 100 cm³/mol. The van der Waals surface area contributed by atoms with Gasteiger partial charge in [-0.1, -0.05) is 30.3 Å². The molecule has 0 aliphatic rings. The van der Waals surface area contributed by atoms with Crippen molar-refractivity contribution in [3.8, 4) is 11.3 Å². The van der Waals surface area contributed by atoms with Gasteiger partial charge in [-0.15, -0.1) is 0 Å². The van der Waals surface area contributed by atoms with Crippen LogP contribution in [0.5, 0.6) is 0 Å². The highest BCUT2D eigenvalue weighted by Crippen LogP contribution is 2.35. The van der Waals surface area contributed by atoms with E-state index in [9.17, 15) is 14.7 Å². The third-order valence-electron chi connectivity index (χ3n) is 4.58. The third kappa shape index (κ3) is 2.54. The van der Waals surface area contributed by atoms with E-state index in [1.807, 2.05) is 36.4 Å². The Kier molecular flexibility index (Phi) is 3.97. The quantitative estimate of drug-likeness (QED) is 0.531. The number of aromatic nitrogens is 2. The molecule has 0 amide bonds. The molecule has 4 aromatic rings. The van der Waals surface area contributed by atoms with Crippen LogP contribution in [-0.2, 0) is 11.2 Å². The van der Waals surface area contributed by atoms with Crippen molar-refractivity contribution in [2.24, 2.45) is 0 Å². The van der Waals surface area contributed by atoms with Crippen molar-refractivity contribution in [3.63, 3.8) is 0 Å². The van der Waals surface area contributed by atoms with Crippen LogP contribution in [0, 0.1) is 0 Å². The van der Waals surface area contributed by atoms with Crippen LogP contribution in [0.15, 0.2) is 54.7 Å². The van der Waals surface area contributed by atoms with Gasteiger partial charge in [-0.05, 0) is 30.2 Å². The molecular formula is C21H16N2O3. The number of pyridine rings is 1. The number of hydrogen-bond acceptors (Lipinski definition) is 3. The summed E-state index contributed by atoms with van der Waals surface area (Å²) in [5.41, 5.74) is 3.92. The number of nitrogens with zero attached hydrogens (tertiary/aromatic N) is 1. The van der Waals surface area contributed by atoms with Crippen LogP contribution in [0.3, 0.4) is 0 Å². The second-order valence-electron chi connectivity index (χ2n) is 6.10. The normalized spacial score (nSPS) is 11.1. The molecule has 0 atom stereocenters. The monoisotopic (exact) mass is 344 g/mol. The SMILES string of the molecule is O=CCCc1cccc(C(=O)O)c1-c1nccc2c1[nH]c1ccccc12. The van der Waals surface area contributed by atoms with Crippen molar-refractivity contribution >= 4 is 34.1 Å². The molecule has 2 N–H and O–H groups in total. The molecule has 5 nitrogen and oxygen atoms in total. The van der Waals surface area contributed by atoms with Gasteiger partial charge in [0.25, 0.3) is 0 Å². The Morgan fingerprint density at radius 3 is 2.73 bits per heavy atom. The number of rotatable bonds is 5. The second kappa shape index (κ2) is 6.44. The zero-order valence-corrected chi connectivity index (χ0v) is 13.9. The molecule has 0 aliphatic heterocycles. The number of benzene rings is 2. The lowest BCUT2D eigenvalue weighted by molar-refractivity contribution is -0.107. The van der Waals surface area contributed by atoms with Gasteiger partial charge in [0.15, 0.2) is 0 Å². The molecule has 0 fully saturated rings. The molecule has 0 spiro atoms. The van der Waals surface area contributed by atoms with Gasteiger partial charge in [0.2, 0.25) is 0 Å². The minimum absolute atomic E-state index is 0.187. The van der Waals surface area contributed by atoms with Gasteiger partial charge >= 0.3 is 5.97 Å². The van der Waals surface area contributed by atoms with E-state index in [2.05, 4.69) is 9.97 Å². The molecule has 0 saturated carbocycles. The fourth-order valence-corrected chi connectivity index (χ4v) is 3.44. The number of hydrogen-bond donors (Lipinski definition) is 2. The van der Waals surface area contributed by atoms with Crippen LogP contribution in [0.4, 0.5) is 0 Å². The highest BCUT2D eigenvalue weighted by molar-refractivity contribution is 6.12. The molecule has 0 aliphatic carbocycles. The van der Waals surface area contributed by atoms with E-state index in [1.165, 1.54) is 0 Å². The van der Waals surface area contributed by atoms with Gasteiger partial charge in [0.05, 0.1) is 16.8 Å². The van der Waals surface area contributed by atoms with Crippen molar-refractivity contribution in [2.75, 3.05) is 0 Å². The van der Waals surface area contributed by atoms with Crippen molar-refractivity contribution in [2.45, 2.75) is 12.8 Å². The van der Waals surface area contributed by atoms with E-state index in [-0.39, 0.29) is 5.56 Å². The number of nitrogens with one attached hydrogen (secondary N) is 1. The Hall–Kier alpha value is -3.47. The number of aldehydes is 1. The van der Waals surface area contributed by atoms with Crippen molar-refractivity contribution in [1.82, 2.24) is 9.97 Å². The summed E-state index contributed by atoms with van der Waals surface area (Å²) in [7, 11) is 0. The summed E-state index contributed by atoms with van der Waals surface area (Å²) < 4.78 is 0. The molecule has 2 aromatic carbocycles. The molecular weight excluding hydrogens is 328 g/mol. The van der Waals surface area contributed by atoms with E-state index in [4.69, 9.17) is 0 Å². The minimum Gasteiger partial charge on any atom is -0.478 e. The lowest BCUT2D eigenvalue weighted by Gasteiger charge is -2.12. The number of fused-ring (bicyclic) bond motifs is 3. The molecule has 2 aromatic heterocycles. The summed E-state index contributed by atoms with van der Waals surface area (Å²) in [6.45, 7) is 0. The number of carboxylic acids is 1. The molecule has 5 heteroatoms. The van der Waals surface area contributed by atoms with Crippen LogP contribution >= 0.6 is 0 Å². The van der Waals surface area contributed by atoms with Crippen LogP contribution in [0.1, 0.15) is 22.3 Å². The summed E-state index contributed by atoms with van der Waals surface area (Å²) in [5.74, 6) is -1.01. The smallest absolute Gasteiger partial charge is 0.336 e. The number of aromatic amines is 1. The molecule has 4 rings (SSSR count). The van der Waals surface area contributed by atoms with E-state index in [0.29, 0.717) is 24.1 Å². The fourth-order valence-electron chi connectivity index (χ4n) is 3.44. The molecule has 0 bridgehead atoms. The molecule has 0 unspecified atom stereocenters. The molecule has 2 heterocycles. The van der Waals surface area contributed by atoms with Gasteiger partial charge in [-0.25, -0.2) is 4.79 Å². The topological polar surface area (TPSA) is 83.1 Å². The first-order valence-electron chi connectivity index (χ1n) is 8.35. The van der Waals surface area contributed by atoms with E-state index < -0.39 is 5.97 Å². The van der Waals surface area contributed by atoms with Crippen molar-refractivity contribution in [1.29, 1.82) is 0 Å². The number of aryl methyl sites for hydroxylation is 1. The minimum atomic E-state index is -1.01. The zero-order valence-electron chi connectivity index (χ0n) is 13.9. The predicted octanol–water partition coefficient (Wildman–Crippen LogP) is 4.21. The number of aromatic carboxylic acids is 1. The molecule has 128 valence electrons. The maximum absolute atomic E-state index is 11.8. The average Bonchev–Trinajstić information content (AvgIpc) is 3.05. The maximum atomic E-state index is 11.8. The largest absolute Gasteiger partial charge is 0.478 e. The van der Waals surface area contributed by atoms with Gasteiger partial charge in [-0.3, -0.25) is 4.98 Å². The first-order valence-corrected chi connectivity index (χ1v) is 8.35. The van der Waals surface area contributed by atoms with E-state index in [0.717, 1.165) is 33.7 Å². The highest BCUT2D eigenvalue weighted by atomic mass is 16.4. The molecule has 26 heavy (non-hydrogen) atoms. The summed E-state index contributed by atoms with van der Waals surface area (Å²) in [5, 5.41) is 11.7. The number of carbonyl (C=O) groups excluding carboxylic acids is 1. The number of carboxylic acid groups (broad SMARTS) is 1. The summed E-state index contributed by atoms with van der Waals surface area (Å²) in [6, 6.07) is 15.0. The van der Waals surface area contributed by atoms with Gasteiger partial charge in [0.1, 0.15) is 6.29 Å². The third-order valence-corrected chi connectivity index (χ3v) is 4.58. The second-order valence-corrected chi connectivity index (χ2v) is 6.10. The van der Waals surface area contributed by atoms with Crippen LogP contribution in [-0.4, -0.2) is 27.3 Å². The molecule has 0 radical (unpaired) electrons. The van der Waals surface area contributed by atoms with Crippen LogP contribution in [0.25, 0.3) is 33.1 Å². The first kappa shape index (κ1) is 16.0. The van der Waals surface area contributed by atoms with E-state index in [1.54, 1.807) is 18.3 Å². The van der Waals surface area contributed by atoms with Crippen molar-refractivity contribution < 1.29 is 14.7 Å². The molecule has 0 saturated heterocycles. The van der Waals surface area contributed by atoms with Gasteiger partial charge < -0.3 is 14.9 Å². The Bertz CT molecular complexity index is 1140. The lowest BCUT2D eigenvalue weighted by atomic mass is 9.94. The summed E-state index contributed by atoms with van der Waals surface area (Å²) in [4.78, 5) is 30.5. The summed E-state index contributed by atoms with van der Waals surface area (Å²) >= 11 is 0. The fraction of sp³-hybridized carbons (Fsp3) is 0.0952. The number of H-pyrrole nitrogens is 1. The zero-order chi connectivity index (χ0) is 18.1.